The monoisotopic (exact) mass is 368 g/mol. The van der Waals surface area contributed by atoms with Crippen LogP contribution in [0.3, 0.4) is 0 Å². The van der Waals surface area contributed by atoms with Crippen molar-refractivity contribution in [3.05, 3.63) is 56.5 Å². The highest BCUT2D eigenvalue weighted by Crippen LogP contribution is 2.33. The molecule has 0 fully saturated rings. The molecule has 2 nitrogen and oxygen atoms in total. The third kappa shape index (κ3) is 3.00. The van der Waals surface area contributed by atoms with Gasteiger partial charge in [-0.25, -0.2) is 0 Å². The smallest absolute Gasteiger partial charge is 0.150 e. The predicted molar refractivity (Wildman–Crippen MR) is 78.5 cm³/mol. The van der Waals surface area contributed by atoms with Crippen LogP contribution in [0.2, 0.25) is 0 Å². The molecule has 0 aliphatic heterocycles. The van der Waals surface area contributed by atoms with Crippen LogP contribution in [0.15, 0.2) is 45.3 Å². The van der Waals surface area contributed by atoms with Crippen molar-refractivity contribution in [3.63, 3.8) is 0 Å². The lowest BCUT2D eigenvalue weighted by atomic mass is 10.1. The molecule has 0 saturated carbocycles. The molecule has 2 aromatic carbocycles. The van der Waals surface area contributed by atoms with Crippen LogP contribution in [-0.2, 0) is 0 Å². The Morgan fingerprint density at radius 2 is 1.78 bits per heavy atom. The van der Waals surface area contributed by atoms with E-state index < -0.39 is 0 Å². The maximum atomic E-state index is 10.7. The molecule has 0 amide bonds. The van der Waals surface area contributed by atoms with E-state index in [1.807, 2.05) is 25.1 Å². The van der Waals surface area contributed by atoms with Crippen LogP contribution in [0.1, 0.15) is 15.9 Å². The standard InChI is InChI=1S/C14H10Br2O2/c1-9-6-10(8-17)2-4-13(9)18-14-5-3-11(15)7-12(14)16/h2-8H,1H3. The molecule has 18 heavy (non-hydrogen) atoms. The van der Waals surface area contributed by atoms with E-state index in [0.717, 1.165) is 32.3 Å². The summed E-state index contributed by atoms with van der Waals surface area (Å²) in [5.74, 6) is 1.48. The number of benzene rings is 2. The van der Waals surface area contributed by atoms with Gasteiger partial charge in [0.15, 0.2) is 0 Å². The fourth-order valence-corrected chi connectivity index (χ4v) is 2.66. The molecule has 4 heteroatoms. The zero-order valence-electron chi connectivity index (χ0n) is 9.61. The van der Waals surface area contributed by atoms with Crippen LogP contribution in [-0.4, -0.2) is 6.29 Å². The number of halogens is 2. The second-order valence-electron chi connectivity index (χ2n) is 3.82. The molecule has 0 aliphatic carbocycles. The lowest BCUT2D eigenvalue weighted by Crippen LogP contribution is -1.90. The van der Waals surface area contributed by atoms with Crippen molar-refractivity contribution in [2.24, 2.45) is 0 Å². The number of aldehydes is 1. The minimum absolute atomic E-state index is 0.648. The largest absolute Gasteiger partial charge is 0.456 e. The van der Waals surface area contributed by atoms with E-state index in [1.54, 1.807) is 18.2 Å². The van der Waals surface area contributed by atoms with E-state index in [9.17, 15) is 4.79 Å². The van der Waals surface area contributed by atoms with Crippen LogP contribution in [0.25, 0.3) is 0 Å². The Morgan fingerprint density at radius 1 is 1.06 bits per heavy atom. The first kappa shape index (κ1) is 13.3. The van der Waals surface area contributed by atoms with Crippen molar-refractivity contribution in [1.82, 2.24) is 0 Å². The summed E-state index contributed by atoms with van der Waals surface area (Å²) in [5.41, 5.74) is 1.57. The number of rotatable bonds is 3. The maximum absolute atomic E-state index is 10.7. The van der Waals surface area contributed by atoms with E-state index in [1.165, 1.54) is 0 Å². The second kappa shape index (κ2) is 5.67. The lowest BCUT2D eigenvalue weighted by Gasteiger charge is -2.10. The lowest BCUT2D eigenvalue weighted by molar-refractivity contribution is 0.112. The van der Waals surface area contributed by atoms with Crippen molar-refractivity contribution in [2.75, 3.05) is 0 Å². The highest BCUT2D eigenvalue weighted by atomic mass is 79.9. The maximum Gasteiger partial charge on any atom is 0.150 e. The molecule has 0 aliphatic rings. The Bertz CT molecular complexity index is 594. The van der Waals surface area contributed by atoms with Gasteiger partial charge in [-0.1, -0.05) is 15.9 Å². The Hall–Kier alpha value is -1.13. The molecular weight excluding hydrogens is 360 g/mol. The topological polar surface area (TPSA) is 26.3 Å². The number of aryl methyl sites for hydroxylation is 1. The van der Waals surface area contributed by atoms with Gasteiger partial charge < -0.3 is 4.74 Å². The SMILES string of the molecule is Cc1cc(C=O)ccc1Oc1ccc(Br)cc1Br. The molecule has 0 aromatic heterocycles. The van der Waals surface area contributed by atoms with Crippen LogP contribution in [0, 0.1) is 6.92 Å². The third-order valence-electron chi connectivity index (χ3n) is 2.45. The Balaban J connectivity index is 2.31. The molecule has 2 rings (SSSR count). The van der Waals surface area contributed by atoms with Crippen LogP contribution >= 0.6 is 31.9 Å². The van der Waals surface area contributed by atoms with Gasteiger partial charge in [0, 0.05) is 10.0 Å². The summed E-state index contributed by atoms with van der Waals surface area (Å²) in [5, 5.41) is 0. The zero-order valence-corrected chi connectivity index (χ0v) is 12.8. The molecule has 0 atom stereocenters. The number of carbonyl (C=O) groups is 1. The molecular formula is C14H10Br2O2. The first-order valence-corrected chi connectivity index (χ1v) is 6.87. The van der Waals surface area contributed by atoms with Gasteiger partial charge in [0.1, 0.15) is 17.8 Å². The summed E-state index contributed by atoms with van der Waals surface area (Å²) in [6.45, 7) is 1.91. The van der Waals surface area contributed by atoms with Crippen LogP contribution in [0.5, 0.6) is 11.5 Å². The summed E-state index contributed by atoms with van der Waals surface area (Å²) < 4.78 is 7.66. The molecule has 0 unspecified atom stereocenters. The van der Waals surface area contributed by atoms with Gasteiger partial charge in [0.2, 0.25) is 0 Å². The summed E-state index contributed by atoms with van der Waals surface area (Å²) in [6, 6.07) is 11.0. The molecule has 2 aromatic rings. The summed E-state index contributed by atoms with van der Waals surface area (Å²) in [7, 11) is 0. The minimum Gasteiger partial charge on any atom is -0.456 e. The summed E-state index contributed by atoms with van der Waals surface area (Å²) >= 11 is 6.84. The predicted octanol–water partition coefficient (Wildman–Crippen LogP) is 5.12. The van der Waals surface area contributed by atoms with E-state index in [2.05, 4.69) is 31.9 Å². The van der Waals surface area contributed by atoms with Gasteiger partial charge >= 0.3 is 0 Å². The Kier molecular flexibility index (Phi) is 4.19. The van der Waals surface area contributed by atoms with Crippen molar-refractivity contribution in [3.8, 4) is 11.5 Å². The van der Waals surface area contributed by atoms with Gasteiger partial charge in [-0.05, 0) is 64.8 Å². The fraction of sp³-hybridized carbons (Fsp3) is 0.0714. The number of hydrogen-bond acceptors (Lipinski definition) is 2. The zero-order chi connectivity index (χ0) is 13.1. The quantitative estimate of drug-likeness (QED) is 0.701. The fourth-order valence-electron chi connectivity index (χ4n) is 1.54. The van der Waals surface area contributed by atoms with E-state index in [4.69, 9.17) is 4.74 Å². The highest BCUT2D eigenvalue weighted by Gasteiger charge is 2.06. The normalized spacial score (nSPS) is 10.2. The molecule has 0 bridgehead atoms. The van der Waals surface area contributed by atoms with Crippen LogP contribution < -0.4 is 4.74 Å². The van der Waals surface area contributed by atoms with Crippen LogP contribution in [0.4, 0.5) is 0 Å². The first-order valence-electron chi connectivity index (χ1n) is 5.29. The third-order valence-corrected chi connectivity index (χ3v) is 3.56. The minimum atomic E-state index is 0.648. The highest BCUT2D eigenvalue weighted by molar-refractivity contribution is 9.11. The number of hydrogen-bond donors (Lipinski definition) is 0. The molecule has 92 valence electrons. The van der Waals surface area contributed by atoms with Crippen molar-refractivity contribution < 1.29 is 9.53 Å². The average molecular weight is 370 g/mol. The average Bonchev–Trinajstić information content (AvgIpc) is 2.34. The van der Waals surface area contributed by atoms with Crippen molar-refractivity contribution >= 4 is 38.1 Å². The van der Waals surface area contributed by atoms with Gasteiger partial charge in [-0.15, -0.1) is 0 Å². The molecule has 0 heterocycles. The Labute approximate surface area is 122 Å². The number of ether oxygens (including phenoxy) is 1. The van der Waals surface area contributed by atoms with Gasteiger partial charge in [0.25, 0.3) is 0 Å². The van der Waals surface area contributed by atoms with E-state index in [0.29, 0.717) is 5.56 Å². The first-order chi connectivity index (χ1) is 8.60. The second-order valence-corrected chi connectivity index (χ2v) is 5.59. The molecule has 0 radical (unpaired) electrons. The van der Waals surface area contributed by atoms with Crippen molar-refractivity contribution in [2.45, 2.75) is 6.92 Å². The molecule has 0 spiro atoms. The van der Waals surface area contributed by atoms with E-state index >= 15 is 0 Å². The van der Waals surface area contributed by atoms with E-state index in [-0.39, 0.29) is 0 Å². The van der Waals surface area contributed by atoms with Gasteiger partial charge in [-0.3, -0.25) is 4.79 Å². The molecule has 0 N–H and O–H groups in total. The molecule has 0 saturated heterocycles. The van der Waals surface area contributed by atoms with Gasteiger partial charge in [-0.2, -0.15) is 0 Å². The van der Waals surface area contributed by atoms with Gasteiger partial charge in [0.05, 0.1) is 4.47 Å². The van der Waals surface area contributed by atoms with Crippen molar-refractivity contribution in [1.29, 1.82) is 0 Å². The summed E-state index contributed by atoms with van der Waals surface area (Å²) in [4.78, 5) is 10.7. The Morgan fingerprint density at radius 3 is 2.39 bits per heavy atom. The summed E-state index contributed by atoms with van der Waals surface area (Å²) in [6.07, 6.45) is 0.826. The number of carbonyl (C=O) groups excluding carboxylic acids is 1.